The van der Waals surface area contributed by atoms with Gasteiger partial charge in [0.25, 0.3) is 0 Å². The summed E-state index contributed by atoms with van der Waals surface area (Å²) in [5, 5.41) is 17.7. The Balaban J connectivity index is 2.05. The standard InChI is InChI=1S/C17H31NOS/c1-14(6-5-9-17(3,4)19)7-10-18-15(2)12-16-8-11-20-13-16/h8,11,13-15,18-19H,5-7,9-10,12H2,1-4H3/t14-,15-/m0/s1. The molecule has 0 radical (unpaired) electrons. The van der Waals surface area contributed by atoms with Gasteiger partial charge in [0.15, 0.2) is 0 Å². The lowest BCUT2D eigenvalue weighted by Crippen LogP contribution is -2.29. The summed E-state index contributed by atoms with van der Waals surface area (Å²) in [6.45, 7) is 9.46. The molecule has 0 spiro atoms. The van der Waals surface area contributed by atoms with Crippen LogP contribution in [0.1, 0.15) is 58.9 Å². The van der Waals surface area contributed by atoms with E-state index < -0.39 is 5.60 Å². The summed E-state index contributed by atoms with van der Waals surface area (Å²) in [6.07, 6.45) is 5.58. The molecule has 1 aromatic rings. The van der Waals surface area contributed by atoms with Crippen LogP contribution < -0.4 is 5.32 Å². The molecule has 0 bridgehead atoms. The van der Waals surface area contributed by atoms with Crippen LogP contribution in [0.15, 0.2) is 16.8 Å². The summed E-state index contributed by atoms with van der Waals surface area (Å²) in [5.41, 5.74) is 0.931. The van der Waals surface area contributed by atoms with E-state index in [2.05, 4.69) is 36.0 Å². The van der Waals surface area contributed by atoms with E-state index in [1.165, 1.54) is 18.4 Å². The molecule has 0 saturated carbocycles. The van der Waals surface area contributed by atoms with Gasteiger partial charge >= 0.3 is 0 Å². The highest BCUT2D eigenvalue weighted by atomic mass is 32.1. The Kier molecular flexibility index (Phi) is 7.78. The van der Waals surface area contributed by atoms with Crippen LogP contribution in [0, 0.1) is 5.92 Å². The highest BCUT2D eigenvalue weighted by Crippen LogP contribution is 2.17. The first-order chi connectivity index (χ1) is 9.37. The van der Waals surface area contributed by atoms with E-state index in [1.54, 1.807) is 11.3 Å². The van der Waals surface area contributed by atoms with Gasteiger partial charge in [-0.25, -0.2) is 0 Å². The first-order valence-corrected chi connectivity index (χ1v) is 8.78. The van der Waals surface area contributed by atoms with E-state index in [9.17, 15) is 5.11 Å². The molecular formula is C17H31NOS. The molecule has 116 valence electrons. The Morgan fingerprint density at radius 2 is 2.05 bits per heavy atom. The third-order valence-corrected chi connectivity index (χ3v) is 4.47. The van der Waals surface area contributed by atoms with Crippen molar-refractivity contribution in [1.29, 1.82) is 0 Å². The molecule has 20 heavy (non-hydrogen) atoms. The molecule has 3 heteroatoms. The lowest BCUT2D eigenvalue weighted by molar-refractivity contribution is 0.0669. The maximum atomic E-state index is 9.69. The summed E-state index contributed by atoms with van der Waals surface area (Å²) in [6, 6.07) is 2.76. The Bertz CT molecular complexity index is 342. The fraction of sp³-hybridized carbons (Fsp3) is 0.765. The second kappa shape index (κ2) is 8.81. The lowest BCUT2D eigenvalue weighted by atomic mass is 9.95. The van der Waals surface area contributed by atoms with Crippen LogP contribution in [0.25, 0.3) is 0 Å². The second-order valence-electron chi connectivity index (χ2n) is 6.79. The third kappa shape index (κ3) is 8.72. The molecule has 2 atom stereocenters. The van der Waals surface area contributed by atoms with Gasteiger partial charge in [-0.3, -0.25) is 0 Å². The predicted molar refractivity (Wildman–Crippen MR) is 89.4 cm³/mol. The minimum absolute atomic E-state index is 0.507. The Hall–Kier alpha value is -0.380. The van der Waals surface area contributed by atoms with Crippen LogP contribution in [0.2, 0.25) is 0 Å². The van der Waals surface area contributed by atoms with Crippen LogP contribution in [0.4, 0.5) is 0 Å². The average Bonchev–Trinajstić information content (AvgIpc) is 2.79. The van der Waals surface area contributed by atoms with Crippen molar-refractivity contribution in [1.82, 2.24) is 5.32 Å². The SMILES string of the molecule is C[C@@H](CCCC(C)(C)O)CCN[C@@H](C)Cc1ccsc1. The molecular weight excluding hydrogens is 266 g/mol. The van der Waals surface area contributed by atoms with Gasteiger partial charge in [0.05, 0.1) is 5.60 Å². The second-order valence-corrected chi connectivity index (χ2v) is 7.57. The summed E-state index contributed by atoms with van der Waals surface area (Å²) < 4.78 is 0. The van der Waals surface area contributed by atoms with Crippen LogP contribution in [-0.4, -0.2) is 23.3 Å². The molecule has 0 aliphatic heterocycles. The van der Waals surface area contributed by atoms with Gasteiger partial charge in [0, 0.05) is 6.04 Å². The topological polar surface area (TPSA) is 32.3 Å². The van der Waals surface area contributed by atoms with Crippen LogP contribution in [0.5, 0.6) is 0 Å². The van der Waals surface area contributed by atoms with E-state index in [0.717, 1.165) is 31.7 Å². The van der Waals surface area contributed by atoms with Gasteiger partial charge in [-0.15, -0.1) is 0 Å². The van der Waals surface area contributed by atoms with Gasteiger partial charge in [0.1, 0.15) is 0 Å². The molecule has 0 fully saturated rings. The van der Waals surface area contributed by atoms with E-state index in [1.807, 2.05) is 13.8 Å². The van der Waals surface area contributed by atoms with E-state index in [-0.39, 0.29) is 0 Å². The fourth-order valence-electron chi connectivity index (χ4n) is 2.44. The molecule has 0 aliphatic rings. The Morgan fingerprint density at radius 1 is 1.30 bits per heavy atom. The number of hydrogen-bond acceptors (Lipinski definition) is 3. The van der Waals surface area contributed by atoms with Gasteiger partial charge < -0.3 is 10.4 Å². The molecule has 0 saturated heterocycles. The first kappa shape index (κ1) is 17.7. The molecule has 1 aromatic heterocycles. The minimum atomic E-state index is -0.507. The number of rotatable bonds is 10. The van der Waals surface area contributed by atoms with Crippen molar-refractivity contribution in [3.8, 4) is 0 Å². The zero-order valence-electron chi connectivity index (χ0n) is 13.5. The lowest BCUT2D eigenvalue weighted by Gasteiger charge is -2.19. The van der Waals surface area contributed by atoms with Crippen LogP contribution >= 0.6 is 11.3 Å². The largest absolute Gasteiger partial charge is 0.390 e. The van der Waals surface area contributed by atoms with Crippen molar-refractivity contribution in [2.75, 3.05) is 6.54 Å². The van der Waals surface area contributed by atoms with Crippen molar-refractivity contribution in [2.45, 2.75) is 71.4 Å². The maximum absolute atomic E-state index is 9.69. The van der Waals surface area contributed by atoms with Crippen LogP contribution in [-0.2, 0) is 6.42 Å². The highest BCUT2D eigenvalue weighted by Gasteiger charge is 2.12. The number of thiophene rings is 1. The molecule has 0 aliphatic carbocycles. The number of aliphatic hydroxyl groups is 1. The summed E-state index contributed by atoms with van der Waals surface area (Å²) in [7, 11) is 0. The zero-order valence-corrected chi connectivity index (χ0v) is 14.3. The molecule has 2 N–H and O–H groups in total. The van der Waals surface area contributed by atoms with E-state index in [0.29, 0.717) is 6.04 Å². The average molecular weight is 298 g/mol. The van der Waals surface area contributed by atoms with E-state index in [4.69, 9.17) is 0 Å². The molecule has 2 nitrogen and oxygen atoms in total. The first-order valence-electron chi connectivity index (χ1n) is 7.83. The molecule has 0 unspecified atom stereocenters. The van der Waals surface area contributed by atoms with Gasteiger partial charge in [-0.1, -0.05) is 19.8 Å². The third-order valence-electron chi connectivity index (χ3n) is 3.74. The number of nitrogens with one attached hydrogen (secondary N) is 1. The Labute approximate surface area is 128 Å². The predicted octanol–water partition coefficient (Wildman–Crippen LogP) is 4.24. The molecule has 1 heterocycles. The van der Waals surface area contributed by atoms with Crippen molar-refractivity contribution in [3.05, 3.63) is 22.4 Å². The minimum Gasteiger partial charge on any atom is -0.390 e. The molecule has 1 rings (SSSR count). The monoisotopic (exact) mass is 297 g/mol. The van der Waals surface area contributed by atoms with Crippen molar-refractivity contribution in [2.24, 2.45) is 5.92 Å². The van der Waals surface area contributed by atoms with Gasteiger partial charge in [0.2, 0.25) is 0 Å². The summed E-state index contributed by atoms with van der Waals surface area (Å²) >= 11 is 1.77. The smallest absolute Gasteiger partial charge is 0.0591 e. The van der Waals surface area contributed by atoms with E-state index >= 15 is 0 Å². The zero-order chi connectivity index (χ0) is 15.0. The fourth-order valence-corrected chi connectivity index (χ4v) is 3.12. The summed E-state index contributed by atoms with van der Waals surface area (Å²) in [4.78, 5) is 0. The summed E-state index contributed by atoms with van der Waals surface area (Å²) in [5.74, 6) is 0.734. The van der Waals surface area contributed by atoms with Crippen molar-refractivity contribution < 1.29 is 5.11 Å². The van der Waals surface area contributed by atoms with Crippen molar-refractivity contribution >= 4 is 11.3 Å². The van der Waals surface area contributed by atoms with Gasteiger partial charge in [-0.05, 0) is 74.9 Å². The van der Waals surface area contributed by atoms with Crippen LogP contribution in [0.3, 0.4) is 0 Å². The van der Waals surface area contributed by atoms with Gasteiger partial charge in [-0.2, -0.15) is 11.3 Å². The Morgan fingerprint density at radius 3 is 2.65 bits per heavy atom. The molecule has 0 amide bonds. The molecule has 0 aromatic carbocycles. The maximum Gasteiger partial charge on any atom is 0.0591 e. The number of hydrogen-bond donors (Lipinski definition) is 2. The van der Waals surface area contributed by atoms with Crippen molar-refractivity contribution in [3.63, 3.8) is 0 Å². The quantitative estimate of drug-likeness (QED) is 0.677. The normalized spacial score (nSPS) is 15.2. The highest BCUT2D eigenvalue weighted by molar-refractivity contribution is 7.07.